The number of fused-ring (bicyclic) bond motifs is 2. The zero-order valence-electron chi connectivity index (χ0n) is 25.0. The molecule has 12 heteroatoms. The van der Waals surface area contributed by atoms with Crippen molar-refractivity contribution in [3.05, 3.63) is 46.6 Å². The predicted molar refractivity (Wildman–Crippen MR) is 164 cm³/mol. The molecule has 1 fully saturated rings. The normalized spacial score (nSPS) is 21.0. The summed E-state index contributed by atoms with van der Waals surface area (Å²) in [5.41, 5.74) is 10.4. The molecule has 1 saturated heterocycles. The standard InChI is InChI=1S/C29H42N8O3S/c1-7-24-23-17-26-31-27(35-15-12-21(30)18-35)20(3)28(37(26)32-23)33(4)13-8-9-14-36(41(6,39)40)25-11-10-19(2)16-22(25)29(38)34(24)5/h10-11,16-17,21,24H,7-9,12-15,18,30H2,1-6H3/t21-,24-/m0/s1. The van der Waals surface area contributed by atoms with Crippen molar-refractivity contribution in [3.63, 3.8) is 0 Å². The summed E-state index contributed by atoms with van der Waals surface area (Å²) in [5, 5.41) is 5.03. The van der Waals surface area contributed by atoms with Gasteiger partial charge in [0.2, 0.25) is 10.0 Å². The monoisotopic (exact) mass is 582 g/mol. The highest BCUT2D eigenvalue weighted by molar-refractivity contribution is 7.92. The van der Waals surface area contributed by atoms with Crippen LogP contribution in [0.1, 0.15) is 65.8 Å². The second kappa shape index (κ2) is 11.1. The molecule has 4 heterocycles. The van der Waals surface area contributed by atoms with Gasteiger partial charge in [0.25, 0.3) is 5.91 Å². The van der Waals surface area contributed by atoms with Crippen LogP contribution in [0.15, 0.2) is 24.3 Å². The Morgan fingerprint density at radius 3 is 2.46 bits per heavy atom. The number of hydrogen-bond donors (Lipinski definition) is 1. The summed E-state index contributed by atoms with van der Waals surface area (Å²) in [7, 11) is 0.181. The van der Waals surface area contributed by atoms with Crippen LogP contribution in [-0.2, 0) is 10.0 Å². The highest BCUT2D eigenvalue weighted by Gasteiger charge is 2.31. The Labute approximate surface area is 243 Å². The zero-order chi connectivity index (χ0) is 29.6. The fraction of sp³-hybridized carbons (Fsp3) is 0.552. The average molecular weight is 583 g/mol. The van der Waals surface area contributed by atoms with Gasteiger partial charge < -0.3 is 20.4 Å². The van der Waals surface area contributed by atoms with Crippen LogP contribution in [0.5, 0.6) is 0 Å². The third-order valence-electron chi connectivity index (χ3n) is 8.36. The van der Waals surface area contributed by atoms with Gasteiger partial charge >= 0.3 is 0 Å². The largest absolute Gasteiger partial charge is 0.359 e. The number of anilines is 3. The third-order valence-corrected chi connectivity index (χ3v) is 9.54. The van der Waals surface area contributed by atoms with Gasteiger partial charge in [0.15, 0.2) is 5.65 Å². The van der Waals surface area contributed by atoms with Crippen molar-refractivity contribution in [2.24, 2.45) is 5.73 Å². The van der Waals surface area contributed by atoms with Gasteiger partial charge in [-0.2, -0.15) is 9.61 Å². The first kappa shape index (κ1) is 29.1. The molecule has 41 heavy (non-hydrogen) atoms. The van der Waals surface area contributed by atoms with Crippen LogP contribution >= 0.6 is 0 Å². The van der Waals surface area contributed by atoms with E-state index in [1.807, 2.05) is 37.5 Å². The Morgan fingerprint density at radius 1 is 1.07 bits per heavy atom. The van der Waals surface area contributed by atoms with Crippen LogP contribution in [-0.4, -0.2) is 86.4 Å². The molecule has 2 bridgehead atoms. The first-order valence-corrected chi connectivity index (χ1v) is 16.2. The Hall–Kier alpha value is -3.38. The number of aromatic nitrogens is 3. The molecule has 2 aliphatic rings. The molecule has 2 atom stereocenters. The van der Waals surface area contributed by atoms with E-state index in [1.165, 1.54) is 10.6 Å². The van der Waals surface area contributed by atoms with Crippen molar-refractivity contribution in [2.75, 3.05) is 60.6 Å². The Bertz CT molecular complexity index is 1570. The van der Waals surface area contributed by atoms with Gasteiger partial charge in [-0.05, 0) is 51.7 Å². The zero-order valence-corrected chi connectivity index (χ0v) is 25.8. The molecule has 0 radical (unpaired) electrons. The van der Waals surface area contributed by atoms with Crippen molar-refractivity contribution in [3.8, 4) is 0 Å². The molecule has 1 amide bonds. The summed E-state index contributed by atoms with van der Waals surface area (Å²) < 4.78 is 29.3. The van der Waals surface area contributed by atoms with Crippen molar-refractivity contribution >= 4 is 38.9 Å². The molecule has 3 aromatic rings. The number of hydrogen-bond acceptors (Lipinski definition) is 8. The van der Waals surface area contributed by atoms with E-state index in [4.69, 9.17) is 15.8 Å². The van der Waals surface area contributed by atoms with Crippen molar-refractivity contribution in [2.45, 2.75) is 58.5 Å². The summed E-state index contributed by atoms with van der Waals surface area (Å²) in [5.74, 6) is 1.60. The number of aryl methyl sites for hydroxylation is 1. The number of nitrogens with zero attached hydrogens (tertiary/aromatic N) is 7. The second-order valence-electron chi connectivity index (χ2n) is 11.5. The SMILES string of the molecule is CC[C@H]1c2cc3nc(N4CC[C@H](N)C4)c(C)c(n3n2)N(C)CCCCN(S(C)(=O)=O)c2ccc(C)cc2C(=O)N1C. The molecule has 11 nitrogen and oxygen atoms in total. The van der Waals surface area contributed by atoms with Crippen molar-refractivity contribution < 1.29 is 13.2 Å². The molecular weight excluding hydrogens is 540 g/mol. The molecule has 0 unspecified atom stereocenters. The van der Waals surface area contributed by atoms with Gasteiger partial charge in [-0.1, -0.05) is 18.6 Å². The van der Waals surface area contributed by atoms with Crippen LogP contribution in [0.25, 0.3) is 5.65 Å². The van der Waals surface area contributed by atoms with E-state index in [0.717, 1.165) is 60.0 Å². The van der Waals surface area contributed by atoms with E-state index >= 15 is 0 Å². The molecule has 2 aliphatic heterocycles. The van der Waals surface area contributed by atoms with Crippen LogP contribution in [0, 0.1) is 13.8 Å². The number of carbonyl (C=O) groups is 1. The molecule has 0 aliphatic carbocycles. The van der Waals surface area contributed by atoms with Gasteiger partial charge in [0.1, 0.15) is 11.6 Å². The van der Waals surface area contributed by atoms with Gasteiger partial charge in [-0.3, -0.25) is 9.10 Å². The highest BCUT2D eigenvalue weighted by Crippen LogP contribution is 2.34. The van der Waals surface area contributed by atoms with Gasteiger partial charge in [-0.15, -0.1) is 0 Å². The maximum atomic E-state index is 14.1. The van der Waals surface area contributed by atoms with E-state index in [-0.39, 0.29) is 24.5 Å². The topological polar surface area (TPSA) is 120 Å². The second-order valence-corrected chi connectivity index (χ2v) is 13.4. The summed E-state index contributed by atoms with van der Waals surface area (Å²) in [6, 6.07) is 7.14. The summed E-state index contributed by atoms with van der Waals surface area (Å²) in [4.78, 5) is 25.2. The number of rotatable bonds is 3. The first-order chi connectivity index (χ1) is 19.4. The number of carbonyl (C=O) groups excluding carboxylic acids is 1. The molecule has 2 N–H and O–H groups in total. The molecule has 222 valence electrons. The lowest BCUT2D eigenvalue weighted by molar-refractivity contribution is 0.0723. The molecule has 5 rings (SSSR count). The fourth-order valence-corrected chi connectivity index (χ4v) is 7.18. The Balaban J connectivity index is 1.68. The lowest BCUT2D eigenvalue weighted by Gasteiger charge is -2.29. The summed E-state index contributed by atoms with van der Waals surface area (Å²) in [6.07, 6.45) is 4.12. The molecule has 0 spiro atoms. The average Bonchev–Trinajstić information content (AvgIpc) is 3.53. The molecular formula is C29H42N8O3S. The van der Waals surface area contributed by atoms with Gasteiger partial charge in [-0.25, -0.2) is 13.4 Å². The first-order valence-electron chi connectivity index (χ1n) is 14.4. The summed E-state index contributed by atoms with van der Waals surface area (Å²) in [6.45, 7) is 8.59. The van der Waals surface area contributed by atoms with Crippen LogP contribution in [0.2, 0.25) is 0 Å². The maximum absolute atomic E-state index is 14.1. The summed E-state index contributed by atoms with van der Waals surface area (Å²) >= 11 is 0. The van der Waals surface area contributed by atoms with E-state index < -0.39 is 10.0 Å². The molecule has 2 aromatic heterocycles. The predicted octanol–water partition coefficient (Wildman–Crippen LogP) is 3.10. The maximum Gasteiger partial charge on any atom is 0.256 e. The van der Waals surface area contributed by atoms with Crippen LogP contribution < -0.4 is 19.8 Å². The Morgan fingerprint density at radius 2 is 1.80 bits per heavy atom. The van der Waals surface area contributed by atoms with E-state index in [0.29, 0.717) is 30.6 Å². The highest BCUT2D eigenvalue weighted by atomic mass is 32.2. The lowest BCUT2D eigenvalue weighted by atomic mass is 10.0. The van der Waals surface area contributed by atoms with E-state index in [1.54, 1.807) is 24.1 Å². The van der Waals surface area contributed by atoms with E-state index in [9.17, 15) is 13.2 Å². The number of amides is 1. The minimum absolute atomic E-state index is 0.119. The molecule has 0 saturated carbocycles. The lowest BCUT2D eigenvalue weighted by Crippen LogP contribution is -2.36. The number of sulfonamides is 1. The fourth-order valence-electron chi connectivity index (χ4n) is 6.20. The minimum atomic E-state index is -3.62. The van der Waals surface area contributed by atoms with Gasteiger partial charge in [0, 0.05) is 57.9 Å². The van der Waals surface area contributed by atoms with E-state index in [2.05, 4.69) is 16.7 Å². The smallest absolute Gasteiger partial charge is 0.256 e. The van der Waals surface area contributed by atoms with Crippen LogP contribution in [0.4, 0.5) is 17.3 Å². The quantitative estimate of drug-likeness (QED) is 0.500. The third kappa shape index (κ3) is 5.46. The van der Waals surface area contributed by atoms with Gasteiger partial charge in [0.05, 0.1) is 29.2 Å². The van der Waals surface area contributed by atoms with Crippen LogP contribution in [0.3, 0.4) is 0 Å². The molecule has 1 aromatic carbocycles. The van der Waals surface area contributed by atoms with Crippen molar-refractivity contribution in [1.82, 2.24) is 19.5 Å². The minimum Gasteiger partial charge on any atom is -0.359 e. The number of nitrogens with two attached hydrogens (primary N) is 1. The van der Waals surface area contributed by atoms with Crippen molar-refractivity contribution in [1.29, 1.82) is 0 Å². The number of benzene rings is 1. The Kier molecular flexibility index (Phi) is 7.90.